The summed E-state index contributed by atoms with van der Waals surface area (Å²) in [7, 11) is 1.47. The van der Waals surface area contributed by atoms with Gasteiger partial charge in [-0.25, -0.2) is 0 Å². The summed E-state index contributed by atoms with van der Waals surface area (Å²) >= 11 is 5.97. The van der Waals surface area contributed by atoms with Crippen molar-refractivity contribution < 1.29 is 14.5 Å². The molecule has 0 aliphatic heterocycles. The first-order valence-corrected chi connectivity index (χ1v) is 7.18. The molecule has 1 N–H and O–H groups in total. The average Bonchev–Trinajstić information content (AvgIpc) is 2.51. The molecule has 1 heterocycles. The zero-order valence-corrected chi connectivity index (χ0v) is 13.7. The summed E-state index contributed by atoms with van der Waals surface area (Å²) < 4.78 is 6.01. The number of benzene rings is 1. The molecule has 0 saturated heterocycles. The van der Waals surface area contributed by atoms with Gasteiger partial charge in [-0.2, -0.15) is 0 Å². The highest BCUT2D eigenvalue weighted by Gasteiger charge is 2.14. The van der Waals surface area contributed by atoms with Crippen LogP contribution in [0.5, 0.6) is 5.75 Å². The molecule has 2 aromatic rings. The van der Waals surface area contributed by atoms with Crippen molar-refractivity contribution in [2.45, 2.75) is 13.5 Å². The van der Waals surface area contributed by atoms with Crippen molar-refractivity contribution in [3.05, 3.63) is 61.5 Å². The Labute approximate surface area is 141 Å². The molecule has 0 fully saturated rings. The minimum Gasteiger partial charge on any atom is -0.495 e. The van der Waals surface area contributed by atoms with Gasteiger partial charge >= 0.3 is 0 Å². The smallest absolute Gasteiger partial charge is 0.286 e. The molecular formula is C15H14ClN3O5. The number of halogens is 1. The number of aryl methyl sites for hydroxylation is 1. The maximum atomic E-state index is 12.1. The van der Waals surface area contributed by atoms with Crippen LogP contribution in [0.1, 0.15) is 5.56 Å². The molecule has 24 heavy (non-hydrogen) atoms. The number of amides is 1. The topological polar surface area (TPSA) is 103 Å². The Morgan fingerprint density at radius 1 is 1.42 bits per heavy atom. The Balaban J connectivity index is 2.19. The van der Waals surface area contributed by atoms with E-state index in [4.69, 9.17) is 16.3 Å². The van der Waals surface area contributed by atoms with Gasteiger partial charge in [0.15, 0.2) is 0 Å². The zero-order chi connectivity index (χ0) is 17.9. The van der Waals surface area contributed by atoms with E-state index in [0.717, 1.165) is 10.8 Å². The highest BCUT2D eigenvalue weighted by molar-refractivity contribution is 6.32. The first kappa shape index (κ1) is 17.5. The maximum Gasteiger partial charge on any atom is 0.286 e. The monoisotopic (exact) mass is 351 g/mol. The number of nitrogens with zero attached hydrogens (tertiary/aromatic N) is 2. The number of aromatic nitrogens is 1. The lowest BCUT2D eigenvalue weighted by atomic mass is 10.2. The molecule has 0 spiro atoms. The van der Waals surface area contributed by atoms with E-state index < -0.39 is 16.4 Å². The SMILES string of the molecule is COc1ccc(NC(=O)Cn2cc([N+](=O)[O-])cc(C)c2=O)cc1Cl. The van der Waals surface area contributed by atoms with Gasteiger partial charge in [-0.15, -0.1) is 0 Å². The number of anilines is 1. The first-order chi connectivity index (χ1) is 11.3. The summed E-state index contributed by atoms with van der Waals surface area (Å²) in [5.74, 6) is -0.0570. The van der Waals surface area contributed by atoms with Crippen molar-refractivity contribution in [1.82, 2.24) is 4.57 Å². The van der Waals surface area contributed by atoms with Crippen molar-refractivity contribution in [2.75, 3.05) is 12.4 Å². The van der Waals surface area contributed by atoms with E-state index in [1.165, 1.54) is 26.2 Å². The number of ether oxygens (including phenoxy) is 1. The van der Waals surface area contributed by atoms with Gasteiger partial charge in [0.1, 0.15) is 12.3 Å². The molecule has 1 aromatic heterocycles. The number of methoxy groups -OCH3 is 1. The molecule has 0 aliphatic carbocycles. The van der Waals surface area contributed by atoms with Crippen LogP contribution >= 0.6 is 11.6 Å². The average molecular weight is 352 g/mol. The van der Waals surface area contributed by atoms with Crippen LogP contribution in [-0.4, -0.2) is 22.5 Å². The van der Waals surface area contributed by atoms with Crippen LogP contribution in [0.25, 0.3) is 0 Å². The van der Waals surface area contributed by atoms with Crippen LogP contribution in [0, 0.1) is 17.0 Å². The number of carbonyl (C=O) groups is 1. The summed E-state index contributed by atoms with van der Waals surface area (Å²) in [5, 5.41) is 13.7. The van der Waals surface area contributed by atoms with Crippen LogP contribution in [-0.2, 0) is 11.3 Å². The second-order valence-electron chi connectivity index (χ2n) is 4.97. The number of carbonyl (C=O) groups excluding carboxylic acids is 1. The van der Waals surface area contributed by atoms with E-state index in [0.29, 0.717) is 16.5 Å². The number of pyridine rings is 1. The zero-order valence-electron chi connectivity index (χ0n) is 12.9. The summed E-state index contributed by atoms with van der Waals surface area (Å²) in [6.45, 7) is 1.10. The number of nitro groups is 1. The van der Waals surface area contributed by atoms with Crippen molar-refractivity contribution in [3.63, 3.8) is 0 Å². The molecule has 0 atom stereocenters. The van der Waals surface area contributed by atoms with Crippen LogP contribution in [0.2, 0.25) is 5.02 Å². The third-order valence-corrected chi connectivity index (χ3v) is 3.51. The highest BCUT2D eigenvalue weighted by atomic mass is 35.5. The minimum atomic E-state index is -0.621. The maximum absolute atomic E-state index is 12.1. The van der Waals surface area contributed by atoms with Crippen LogP contribution in [0.15, 0.2) is 35.3 Å². The fourth-order valence-electron chi connectivity index (χ4n) is 2.08. The van der Waals surface area contributed by atoms with Gasteiger partial charge in [-0.05, 0) is 25.1 Å². The number of rotatable bonds is 5. The summed E-state index contributed by atoms with van der Waals surface area (Å²) in [6, 6.07) is 5.84. The molecule has 8 nitrogen and oxygen atoms in total. The van der Waals surface area contributed by atoms with Gasteiger partial charge < -0.3 is 10.1 Å². The molecule has 0 bridgehead atoms. The van der Waals surface area contributed by atoms with Gasteiger partial charge in [0, 0.05) is 17.3 Å². The molecule has 1 aromatic carbocycles. The number of hydrogen-bond acceptors (Lipinski definition) is 5. The van der Waals surface area contributed by atoms with Gasteiger partial charge in [-0.3, -0.25) is 24.3 Å². The lowest BCUT2D eigenvalue weighted by Crippen LogP contribution is -2.28. The highest BCUT2D eigenvalue weighted by Crippen LogP contribution is 2.27. The molecular weight excluding hydrogens is 338 g/mol. The molecule has 0 aliphatic rings. The number of nitrogens with one attached hydrogen (secondary N) is 1. The molecule has 126 valence electrons. The third kappa shape index (κ3) is 3.90. The molecule has 2 rings (SSSR count). The lowest BCUT2D eigenvalue weighted by molar-refractivity contribution is -0.385. The third-order valence-electron chi connectivity index (χ3n) is 3.21. The van der Waals surface area contributed by atoms with Crippen molar-refractivity contribution in [1.29, 1.82) is 0 Å². The lowest BCUT2D eigenvalue weighted by Gasteiger charge is -2.10. The largest absolute Gasteiger partial charge is 0.495 e. The predicted molar refractivity (Wildman–Crippen MR) is 88.7 cm³/mol. The second-order valence-corrected chi connectivity index (χ2v) is 5.38. The Morgan fingerprint density at radius 2 is 2.12 bits per heavy atom. The van der Waals surface area contributed by atoms with E-state index >= 15 is 0 Å². The van der Waals surface area contributed by atoms with Gasteiger partial charge in [0.05, 0.1) is 23.3 Å². The minimum absolute atomic E-state index is 0.185. The van der Waals surface area contributed by atoms with Crippen LogP contribution < -0.4 is 15.6 Å². The fourth-order valence-corrected chi connectivity index (χ4v) is 2.34. The van der Waals surface area contributed by atoms with E-state index in [-0.39, 0.29) is 17.8 Å². The number of hydrogen-bond donors (Lipinski definition) is 1. The van der Waals surface area contributed by atoms with E-state index in [1.54, 1.807) is 12.1 Å². The van der Waals surface area contributed by atoms with Crippen molar-refractivity contribution in [3.8, 4) is 5.75 Å². The van der Waals surface area contributed by atoms with E-state index in [9.17, 15) is 19.7 Å². The summed E-state index contributed by atoms with van der Waals surface area (Å²) in [4.78, 5) is 34.3. The molecule has 0 radical (unpaired) electrons. The van der Waals surface area contributed by atoms with Crippen LogP contribution in [0.4, 0.5) is 11.4 Å². The molecule has 0 saturated carbocycles. The standard InChI is InChI=1S/C15H14ClN3O5/c1-9-5-11(19(22)23)7-18(15(9)21)8-14(20)17-10-3-4-13(24-2)12(16)6-10/h3-7H,8H2,1-2H3,(H,17,20). The van der Waals surface area contributed by atoms with E-state index in [1.807, 2.05) is 0 Å². The quantitative estimate of drug-likeness (QED) is 0.657. The Morgan fingerprint density at radius 3 is 2.71 bits per heavy atom. The van der Waals surface area contributed by atoms with E-state index in [2.05, 4.69) is 5.32 Å². The van der Waals surface area contributed by atoms with Gasteiger partial charge in [0.25, 0.3) is 11.2 Å². The molecule has 1 amide bonds. The molecule has 9 heteroatoms. The Kier molecular flexibility index (Phi) is 5.20. The van der Waals surface area contributed by atoms with Gasteiger partial charge in [0.2, 0.25) is 5.91 Å². The normalized spacial score (nSPS) is 10.3. The van der Waals surface area contributed by atoms with Crippen LogP contribution in [0.3, 0.4) is 0 Å². The predicted octanol–water partition coefficient (Wildman–Crippen LogP) is 2.37. The Hall–Kier alpha value is -2.87. The van der Waals surface area contributed by atoms with Crippen molar-refractivity contribution >= 4 is 28.9 Å². The molecule has 0 unspecified atom stereocenters. The summed E-state index contributed by atoms with van der Waals surface area (Å²) in [6.07, 6.45) is 1.04. The van der Waals surface area contributed by atoms with Crippen molar-refractivity contribution in [2.24, 2.45) is 0 Å². The first-order valence-electron chi connectivity index (χ1n) is 6.80. The second kappa shape index (κ2) is 7.14. The Bertz CT molecular complexity index is 863. The fraction of sp³-hybridized carbons (Fsp3) is 0.200. The van der Waals surface area contributed by atoms with Gasteiger partial charge in [-0.1, -0.05) is 11.6 Å². The summed E-state index contributed by atoms with van der Waals surface area (Å²) in [5.41, 5.74) is -0.124.